The van der Waals surface area contributed by atoms with Gasteiger partial charge in [0.05, 0.1) is 17.6 Å². The summed E-state index contributed by atoms with van der Waals surface area (Å²) in [5.41, 5.74) is 1.35. The van der Waals surface area contributed by atoms with Gasteiger partial charge in [0.1, 0.15) is 30.6 Å². The molecule has 0 radical (unpaired) electrons. The molecule has 1 unspecified atom stereocenters. The average Bonchev–Trinajstić information content (AvgIpc) is 3.40. The molecule has 3 N–H and O–H groups in total. The molecular formula is C27H30N4O7. The minimum atomic E-state index is -1.05. The molecule has 3 aromatic rings. The largest absolute Gasteiger partial charge is 0.493 e. The van der Waals surface area contributed by atoms with Gasteiger partial charge in [-0.2, -0.15) is 0 Å². The second kappa shape index (κ2) is 11.3. The summed E-state index contributed by atoms with van der Waals surface area (Å²) in [5.74, 6) is -0.987. The summed E-state index contributed by atoms with van der Waals surface area (Å²) in [5, 5.41) is 11.6. The van der Waals surface area contributed by atoms with Crippen LogP contribution in [0.15, 0.2) is 53.3 Å². The van der Waals surface area contributed by atoms with E-state index in [-0.39, 0.29) is 31.0 Å². The highest BCUT2D eigenvalue weighted by molar-refractivity contribution is 5.87. The van der Waals surface area contributed by atoms with Crippen LogP contribution in [0.1, 0.15) is 26.7 Å². The number of carboxylic acids is 1. The van der Waals surface area contributed by atoms with Gasteiger partial charge in [0.2, 0.25) is 5.91 Å². The first-order chi connectivity index (χ1) is 18.1. The van der Waals surface area contributed by atoms with E-state index in [2.05, 4.69) is 15.3 Å². The number of hydrogen-bond donors (Lipinski definition) is 3. The number of H-pyrrole nitrogens is 1. The highest BCUT2D eigenvalue weighted by atomic mass is 16.6. The smallest absolute Gasteiger partial charge is 0.407 e. The van der Waals surface area contributed by atoms with Crippen LogP contribution in [0.4, 0.5) is 4.79 Å². The van der Waals surface area contributed by atoms with Crippen molar-refractivity contribution in [1.82, 2.24) is 20.2 Å². The van der Waals surface area contributed by atoms with Crippen molar-refractivity contribution >= 4 is 29.0 Å². The molecule has 0 saturated carbocycles. The summed E-state index contributed by atoms with van der Waals surface area (Å²) >= 11 is 0. The van der Waals surface area contributed by atoms with Crippen molar-refractivity contribution in [2.45, 2.75) is 32.7 Å². The number of alkyl carbamates (subject to hydrolysis) is 1. The van der Waals surface area contributed by atoms with Crippen molar-refractivity contribution in [3.8, 4) is 17.0 Å². The van der Waals surface area contributed by atoms with Crippen LogP contribution < -0.4 is 15.6 Å². The molecule has 0 aliphatic carbocycles. The highest BCUT2D eigenvalue weighted by Crippen LogP contribution is 2.24. The lowest BCUT2D eigenvalue weighted by Crippen LogP contribution is -2.45. The maximum Gasteiger partial charge on any atom is 0.407 e. The van der Waals surface area contributed by atoms with Crippen molar-refractivity contribution in [3.63, 3.8) is 0 Å². The van der Waals surface area contributed by atoms with Gasteiger partial charge in [0, 0.05) is 17.5 Å². The van der Waals surface area contributed by atoms with Crippen LogP contribution in [-0.4, -0.2) is 70.3 Å². The van der Waals surface area contributed by atoms with Crippen molar-refractivity contribution in [1.29, 1.82) is 0 Å². The number of aromatic amines is 1. The van der Waals surface area contributed by atoms with E-state index < -0.39 is 29.4 Å². The van der Waals surface area contributed by atoms with Gasteiger partial charge in [-0.1, -0.05) is 38.1 Å². The number of nitrogens with one attached hydrogen (secondary N) is 2. The number of likely N-dealkylation sites (tertiary alicyclic amines) is 1. The molecule has 1 aliphatic heterocycles. The van der Waals surface area contributed by atoms with E-state index in [1.54, 1.807) is 30.3 Å². The Balaban J connectivity index is 1.28. The zero-order chi connectivity index (χ0) is 27.3. The number of aromatic nitrogens is 2. The number of aliphatic carboxylic acids is 1. The molecule has 0 bridgehead atoms. The number of rotatable bonds is 9. The number of benzene rings is 2. The molecule has 2 amide bonds. The standard InChI is InChI=1S/C27H30N4O7/c1-27(2,16-38-26(36)28-14-22(32)31-12-6-11-21(31)25(34)35)15-37-18-8-5-7-17(13-18)23-24(33)30-20-10-4-3-9-19(20)29-23/h3-5,7-10,13,21H,6,11-12,14-16H2,1-2H3,(H,28,36)(H,30,33)(H,34,35). The molecular weight excluding hydrogens is 492 g/mol. The van der Waals surface area contributed by atoms with Gasteiger partial charge in [-0.25, -0.2) is 14.6 Å². The fourth-order valence-corrected chi connectivity index (χ4v) is 4.16. The predicted molar refractivity (Wildman–Crippen MR) is 139 cm³/mol. The third-order valence-corrected chi connectivity index (χ3v) is 6.17. The van der Waals surface area contributed by atoms with Gasteiger partial charge in [-0.05, 0) is 37.1 Å². The van der Waals surface area contributed by atoms with E-state index in [4.69, 9.17) is 9.47 Å². The van der Waals surface area contributed by atoms with Gasteiger partial charge in [-0.3, -0.25) is 9.59 Å². The van der Waals surface area contributed by atoms with Crippen LogP contribution >= 0.6 is 0 Å². The quantitative estimate of drug-likeness (QED) is 0.388. The van der Waals surface area contributed by atoms with Crippen LogP contribution in [0.25, 0.3) is 22.3 Å². The van der Waals surface area contributed by atoms with Crippen LogP contribution in [0.5, 0.6) is 5.75 Å². The maximum atomic E-state index is 12.6. The first-order valence-corrected chi connectivity index (χ1v) is 12.3. The second-order valence-corrected chi connectivity index (χ2v) is 9.93. The van der Waals surface area contributed by atoms with E-state index in [9.17, 15) is 24.3 Å². The van der Waals surface area contributed by atoms with Crippen LogP contribution in [-0.2, 0) is 14.3 Å². The number of nitrogens with zero attached hydrogens (tertiary/aromatic N) is 2. The van der Waals surface area contributed by atoms with E-state index >= 15 is 0 Å². The topological polar surface area (TPSA) is 151 Å². The molecule has 11 heteroatoms. The van der Waals surface area contributed by atoms with E-state index in [1.165, 1.54) is 4.90 Å². The average molecular weight is 523 g/mol. The maximum absolute atomic E-state index is 12.6. The Kier molecular flexibility index (Phi) is 7.94. The molecule has 4 rings (SSSR count). The lowest BCUT2D eigenvalue weighted by atomic mass is 9.96. The number of carbonyl (C=O) groups excluding carboxylic acids is 2. The Morgan fingerprint density at radius 2 is 1.95 bits per heavy atom. The number of carboxylic acid groups (broad SMARTS) is 1. The molecule has 200 valence electrons. The molecule has 2 heterocycles. The van der Waals surface area contributed by atoms with E-state index in [0.717, 1.165) is 0 Å². The summed E-state index contributed by atoms with van der Waals surface area (Å²) in [6, 6.07) is 13.5. The Hall–Kier alpha value is -4.41. The molecule has 38 heavy (non-hydrogen) atoms. The molecule has 1 atom stereocenters. The van der Waals surface area contributed by atoms with Crippen molar-refractivity contribution < 1.29 is 29.0 Å². The predicted octanol–water partition coefficient (Wildman–Crippen LogP) is 2.80. The van der Waals surface area contributed by atoms with E-state index in [0.29, 0.717) is 41.7 Å². The Morgan fingerprint density at radius 3 is 2.74 bits per heavy atom. The summed E-state index contributed by atoms with van der Waals surface area (Å²) < 4.78 is 11.2. The minimum Gasteiger partial charge on any atom is -0.493 e. The van der Waals surface area contributed by atoms with Crippen LogP contribution in [0.2, 0.25) is 0 Å². The lowest BCUT2D eigenvalue weighted by Gasteiger charge is -2.25. The fraction of sp³-hybridized carbons (Fsp3) is 0.370. The number of amides is 2. The minimum absolute atomic E-state index is 0.0140. The molecule has 2 aromatic carbocycles. The summed E-state index contributed by atoms with van der Waals surface area (Å²) in [6.07, 6.45) is 0.235. The fourth-order valence-electron chi connectivity index (χ4n) is 4.16. The van der Waals surface area contributed by atoms with Gasteiger partial charge < -0.3 is 29.8 Å². The SMILES string of the molecule is CC(C)(COC(=O)NCC(=O)N1CCCC1C(=O)O)COc1cccc(-c2nc3ccccc3[nH]c2=O)c1. The lowest BCUT2D eigenvalue weighted by molar-refractivity contribution is -0.147. The summed E-state index contributed by atoms with van der Waals surface area (Å²) in [4.78, 5) is 56.8. The molecule has 1 aromatic heterocycles. The third-order valence-electron chi connectivity index (χ3n) is 6.17. The van der Waals surface area contributed by atoms with Crippen LogP contribution in [0, 0.1) is 5.41 Å². The molecule has 1 saturated heterocycles. The molecule has 11 nitrogen and oxygen atoms in total. The normalized spacial score (nSPS) is 15.3. The van der Waals surface area contributed by atoms with Gasteiger partial charge >= 0.3 is 12.1 Å². The zero-order valence-electron chi connectivity index (χ0n) is 21.2. The van der Waals surface area contributed by atoms with Crippen molar-refractivity contribution in [3.05, 3.63) is 58.9 Å². The number of ether oxygens (including phenoxy) is 2. The number of fused-ring (bicyclic) bond motifs is 1. The van der Waals surface area contributed by atoms with Gasteiger partial charge in [0.15, 0.2) is 0 Å². The summed E-state index contributed by atoms with van der Waals surface area (Å²) in [6.45, 7) is 3.94. The zero-order valence-corrected chi connectivity index (χ0v) is 21.2. The second-order valence-electron chi connectivity index (χ2n) is 9.93. The Morgan fingerprint density at radius 1 is 1.16 bits per heavy atom. The number of para-hydroxylation sites is 2. The van der Waals surface area contributed by atoms with Crippen molar-refractivity contribution in [2.75, 3.05) is 26.3 Å². The number of hydrogen-bond acceptors (Lipinski definition) is 7. The van der Waals surface area contributed by atoms with Gasteiger partial charge in [0.25, 0.3) is 5.56 Å². The summed E-state index contributed by atoms with van der Waals surface area (Å²) in [7, 11) is 0. The Labute approximate surface area is 218 Å². The molecule has 1 fully saturated rings. The first-order valence-electron chi connectivity index (χ1n) is 12.3. The monoisotopic (exact) mass is 522 g/mol. The molecule has 0 spiro atoms. The van der Waals surface area contributed by atoms with Crippen LogP contribution in [0.3, 0.4) is 0 Å². The third kappa shape index (κ3) is 6.47. The van der Waals surface area contributed by atoms with Gasteiger partial charge in [-0.15, -0.1) is 0 Å². The molecule has 1 aliphatic rings. The van der Waals surface area contributed by atoms with E-state index in [1.807, 2.05) is 32.0 Å². The Bertz CT molecular complexity index is 1400. The first kappa shape index (κ1) is 26.6. The number of carbonyl (C=O) groups is 3. The van der Waals surface area contributed by atoms with Crippen molar-refractivity contribution in [2.24, 2.45) is 5.41 Å². The highest BCUT2D eigenvalue weighted by Gasteiger charge is 2.34.